The molecule has 0 radical (unpaired) electrons. The molecule has 1 saturated carbocycles. The van der Waals surface area contributed by atoms with Gasteiger partial charge in [-0.25, -0.2) is 4.68 Å². The van der Waals surface area contributed by atoms with Crippen LogP contribution in [0, 0.1) is 0 Å². The summed E-state index contributed by atoms with van der Waals surface area (Å²) in [6, 6.07) is 5.49. The van der Waals surface area contributed by atoms with Gasteiger partial charge in [-0.15, -0.1) is 5.10 Å². The lowest BCUT2D eigenvalue weighted by Crippen LogP contribution is -2.42. The highest BCUT2D eigenvalue weighted by atomic mass is 16.5. The predicted octanol–water partition coefficient (Wildman–Crippen LogP) is 2.46. The minimum atomic E-state index is -0.368. The number of aromatic amines is 1. The number of pyridine rings is 1. The van der Waals surface area contributed by atoms with Crippen molar-refractivity contribution in [3.8, 4) is 11.5 Å². The van der Waals surface area contributed by atoms with Crippen LogP contribution in [0.2, 0.25) is 0 Å². The van der Waals surface area contributed by atoms with Crippen LogP contribution in [-0.2, 0) is 4.74 Å². The molecule has 5 rings (SSSR count). The van der Waals surface area contributed by atoms with E-state index in [2.05, 4.69) is 25.4 Å². The third-order valence-corrected chi connectivity index (χ3v) is 6.77. The Morgan fingerprint density at radius 3 is 2.52 bits per heavy atom. The first-order valence-electron chi connectivity index (χ1n) is 11.6. The summed E-state index contributed by atoms with van der Waals surface area (Å²) in [5, 5.41) is 13.7. The maximum Gasteiger partial charge on any atom is 0.253 e. The van der Waals surface area contributed by atoms with Crippen LogP contribution in [0.15, 0.2) is 23.0 Å². The monoisotopic (exact) mass is 454 g/mol. The quantitative estimate of drug-likeness (QED) is 0.605. The number of aromatic nitrogens is 5. The van der Waals surface area contributed by atoms with E-state index in [1.807, 2.05) is 16.8 Å². The summed E-state index contributed by atoms with van der Waals surface area (Å²) in [5.74, 6) is 1.89. The number of nitrogens with one attached hydrogen (secondary N) is 1. The fourth-order valence-electron chi connectivity index (χ4n) is 5.05. The lowest BCUT2D eigenvalue weighted by Gasteiger charge is -2.34. The van der Waals surface area contributed by atoms with Crippen LogP contribution in [0.5, 0.6) is 11.5 Å². The molecule has 1 aromatic carbocycles. The molecule has 10 heteroatoms. The van der Waals surface area contributed by atoms with E-state index >= 15 is 0 Å². The number of nitrogens with zero attached hydrogens (tertiary/aromatic N) is 5. The smallest absolute Gasteiger partial charge is 0.253 e. The van der Waals surface area contributed by atoms with Crippen LogP contribution in [0.3, 0.4) is 0 Å². The molecule has 10 nitrogen and oxygen atoms in total. The van der Waals surface area contributed by atoms with Gasteiger partial charge in [-0.2, -0.15) is 0 Å². The zero-order chi connectivity index (χ0) is 22.8. The molecule has 0 spiro atoms. The molecule has 1 saturated heterocycles. The number of ether oxygens (including phenoxy) is 3. The van der Waals surface area contributed by atoms with Crippen molar-refractivity contribution in [3.05, 3.63) is 39.9 Å². The summed E-state index contributed by atoms with van der Waals surface area (Å²) in [7, 11) is 3.18. The highest BCUT2D eigenvalue weighted by molar-refractivity contribution is 5.83. The Labute approximate surface area is 191 Å². The predicted molar refractivity (Wildman–Crippen MR) is 122 cm³/mol. The molecule has 33 heavy (non-hydrogen) atoms. The summed E-state index contributed by atoms with van der Waals surface area (Å²) in [4.78, 5) is 18.7. The molecule has 2 aromatic heterocycles. The maximum atomic E-state index is 13.4. The molecule has 0 bridgehead atoms. The van der Waals surface area contributed by atoms with Crippen LogP contribution < -0.4 is 15.0 Å². The Bertz CT molecular complexity index is 1160. The average Bonchev–Trinajstić information content (AvgIpc) is 3.34. The number of hydrogen-bond acceptors (Lipinski definition) is 8. The zero-order valence-corrected chi connectivity index (χ0v) is 19.1. The van der Waals surface area contributed by atoms with Crippen molar-refractivity contribution in [2.75, 3.05) is 40.5 Å². The van der Waals surface area contributed by atoms with E-state index in [-0.39, 0.29) is 17.6 Å². The standard InChI is InChI=1S/C23H30N6O4/c1-31-19-13-15-12-17(23(30)24-18(15)14-20(19)32-2)21(28-8-10-33-11-9-28)22-25-26-27-29(22)16-6-4-3-5-7-16/h12-14,16,21H,3-11H2,1-2H3,(H,24,30)/t21-/m0/s1. The highest BCUT2D eigenvalue weighted by Crippen LogP contribution is 2.35. The van der Waals surface area contributed by atoms with Crippen molar-refractivity contribution in [3.63, 3.8) is 0 Å². The molecule has 3 heterocycles. The van der Waals surface area contributed by atoms with Gasteiger partial charge >= 0.3 is 0 Å². The van der Waals surface area contributed by atoms with E-state index in [1.54, 1.807) is 20.3 Å². The largest absolute Gasteiger partial charge is 0.493 e. The first-order valence-corrected chi connectivity index (χ1v) is 11.6. The summed E-state index contributed by atoms with van der Waals surface area (Å²) < 4.78 is 18.4. The van der Waals surface area contributed by atoms with E-state index in [1.165, 1.54) is 19.3 Å². The maximum absolute atomic E-state index is 13.4. The summed E-state index contributed by atoms with van der Waals surface area (Å²) in [6.45, 7) is 2.62. The zero-order valence-electron chi connectivity index (χ0n) is 19.1. The van der Waals surface area contributed by atoms with Crippen molar-refractivity contribution < 1.29 is 14.2 Å². The van der Waals surface area contributed by atoms with Gasteiger partial charge in [-0.1, -0.05) is 19.3 Å². The van der Waals surface area contributed by atoms with Crippen LogP contribution in [0.25, 0.3) is 10.9 Å². The fourth-order valence-corrected chi connectivity index (χ4v) is 5.05. The number of morpholine rings is 1. The molecule has 0 amide bonds. The average molecular weight is 455 g/mol. The number of benzene rings is 1. The Kier molecular flexibility index (Phi) is 6.28. The second-order valence-corrected chi connectivity index (χ2v) is 8.67. The Morgan fingerprint density at radius 1 is 1.06 bits per heavy atom. The summed E-state index contributed by atoms with van der Waals surface area (Å²) in [5.41, 5.74) is 1.14. The number of rotatable bonds is 6. The van der Waals surface area contributed by atoms with Gasteiger partial charge in [0.2, 0.25) is 0 Å². The van der Waals surface area contributed by atoms with Gasteiger partial charge in [-0.05, 0) is 35.4 Å². The van der Waals surface area contributed by atoms with Crippen molar-refractivity contribution in [2.24, 2.45) is 0 Å². The van der Waals surface area contributed by atoms with E-state index < -0.39 is 0 Å². The Morgan fingerprint density at radius 2 is 1.79 bits per heavy atom. The topological polar surface area (TPSA) is 107 Å². The fraction of sp³-hybridized carbons (Fsp3) is 0.565. The molecule has 1 aliphatic heterocycles. The minimum absolute atomic E-state index is 0.163. The van der Waals surface area contributed by atoms with Crippen LogP contribution in [0.1, 0.15) is 55.6 Å². The summed E-state index contributed by atoms with van der Waals surface area (Å²) >= 11 is 0. The van der Waals surface area contributed by atoms with E-state index in [4.69, 9.17) is 14.2 Å². The molecule has 1 atom stereocenters. The number of hydrogen-bond donors (Lipinski definition) is 1. The van der Waals surface area contributed by atoms with Gasteiger partial charge in [0, 0.05) is 30.1 Å². The number of fused-ring (bicyclic) bond motifs is 1. The molecule has 176 valence electrons. The lowest BCUT2D eigenvalue weighted by molar-refractivity contribution is 0.0209. The second-order valence-electron chi connectivity index (χ2n) is 8.67. The summed E-state index contributed by atoms with van der Waals surface area (Å²) in [6.07, 6.45) is 5.70. The van der Waals surface area contributed by atoms with Gasteiger partial charge in [0.05, 0.1) is 39.0 Å². The first-order chi connectivity index (χ1) is 16.2. The highest BCUT2D eigenvalue weighted by Gasteiger charge is 2.33. The molecule has 3 aromatic rings. The SMILES string of the molecule is COc1cc2cc([C@@H](c3nnnn3C3CCCCC3)N3CCOCC3)c(=O)[nH]c2cc1OC. The Hall–Kier alpha value is -2.98. The Balaban J connectivity index is 1.64. The van der Waals surface area contributed by atoms with E-state index in [0.29, 0.717) is 54.7 Å². The number of tetrazole rings is 1. The number of methoxy groups -OCH3 is 2. The van der Waals surface area contributed by atoms with Crippen molar-refractivity contribution in [1.82, 2.24) is 30.1 Å². The van der Waals surface area contributed by atoms with E-state index in [0.717, 1.165) is 18.2 Å². The van der Waals surface area contributed by atoms with Crippen LogP contribution in [-0.4, -0.2) is 70.6 Å². The van der Waals surface area contributed by atoms with Crippen molar-refractivity contribution in [1.29, 1.82) is 0 Å². The van der Waals surface area contributed by atoms with Gasteiger partial charge in [0.1, 0.15) is 6.04 Å². The van der Waals surface area contributed by atoms with Crippen molar-refractivity contribution in [2.45, 2.75) is 44.2 Å². The molecule has 1 aliphatic carbocycles. The van der Waals surface area contributed by atoms with Gasteiger partial charge < -0.3 is 19.2 Å². The normalized spacial score (nSPS) is 19.0. The van der Waals surface area contributed by atoms with Gasteiger partial charge in [0.25, 0.3) is 5.56 Å². The van der Waals surface area contributed by atoms with Gasteiger partial charge in [-0.3, -0.25) is 9.69 Å². The van der Waals surface area contributed by atoms with Gasteiger partial charge in [0.15, 0.2) is 17.3 Å². The van der Waals surface area contributed by atoms with E-state index in [9.17, 15) is 4.79 Å². The van der Waals surface area contributed by atoms with Crippen molar-refractivity contribution >= 4 is 10.9 Å². The first kappa shape index (κ1) is 21.8. The third-order valence-electron chi connectivity index (χ3n) is 6.77. The molecule has 0 unspecified atom stereocenters. The molecular formula is C23H30N6O4. The molecule has 2 fully saturated rings. The number of H-pyrrole nitrogens is 1. The molecule has 1 N–H and O–H groups in total. The van der Waals surface area contributed by atoms with Crippen LogP contribution >= 0.6 is 0 Å². The van der Waals surface area contributed by atoms with Crippen LogP contribution in [0.4, 0.5) is 0 Å². The second kappa shape index (κ2) is 9.48. The minimum Gasteiger partial charge on any atom is -0.493 e. The molecule has 2 aliphatic rings. The lowest BCUT2D eigenvalue weighted by atomic mass is 9.95. The molecular weight excluding hydrogens is 424 g/mol. The third kappa shape index (κ3) is 4.20.